The first-order valence-corrected chi connectivity index (χ1v) is 8.56. The van der Waals surface area contributed by atoms with E-state index >= 15 is 0 Å². The summed E-state index contributed by atoms with van der Waals surface area (Å²) in [5.41, 5.74) is 1.98. The number of carbonyl (C=O) groups is 2. The van der Waals surface area contributed by atoms with Crippen LogP contribution in [0.4, 0.5) is 0 Å². The highest BCUT2D eigenvalue weighted by molar-refractivity contribution is 6.16. The van der Waals surface area contributed by atoms with Gasteiger partial charge < -0.3 is 19.5 Å². The summed E-state index contributed by atoms with van der Waals surface area (Å²) in [6.45, 7) is 1.95. The van der Waals surface area contributed by atoms with Gasteiger partial charge in [-0.1, -0.05) is 18.2 Å². The lowest BCUT2D eigenvalue weighted by Crippen LogP contribution is -2.24. The fourth-order valence-corrected chi connectivity index (χ4v) is 3.07. The van der Waals surface area contributed by atoms with Crippen molar-refractivity contribution in [1.29, 1.82) is 0 Å². The molecule has 1 aliphatic rings. The van der Waals surface area contributed by atoms with Gasteiger partial charge in [-0.2, -0.15) is 0 Å². The molecule has 0 fully saturated rings. The summed E-state index contributed by atoms with van der Waals surface area (Å²) in [5, 5.41) is 10.3. The fraction of sp³-hybridized carbons (Fsp3) is 0.190. The second-order valence-electron chi connectivity index (χ2n) is 6.16. The summed E-state index contributed by atoms with van der Waals surface area (Å²) < 4.78 is 9.99. The van der Waals surface area contributed by atoms with E-state index in [9.17, 15) is 14.7 Å². The third-order valence-corrected chi connectivity index (χ3v) is 4.51. The van der Waals surface area contributed by atoms with E-state index in [2.05, 4.69) is 4.98 Å². The molecule has 7 heteroatoms. The van der Waals surface area contributed by atoms with Gasteiger partial charge in [-0.3, -0.25) is 9.78 Å². The molecule has 1 aromatic carbocycles. The number of carbonyl (C=O) groups excluding carboxylic acids is 2. The van der Waals surface area contributed by atoms with Crippen molar-refractivity contribution in [2.45, 2.75) is 13.5 Å². The van der Waals surface area contributed by atoms with Crippen molar-refractivity contribution in [1.82, 2.24) is 9.88 Å². The molecule has 0 aliphatic carbocycles. The largest absolute Gasteiger partial charge is 0.504 e. The number of para-hydroxylation sites is 1. The van der Waals surface area contributed by atoms with Gasteiger partial charge >= 0.3 is 5.97 Å². The second-order valence-corrected chi connectivity index (χ2v) is 6.16. The number of aromatic nitrogens is 1. The molecular formula is C21H20N2O5. The molecular weight excluding hydrogens is 360 g/mol. The molecule has 2 aromatic rings. The normalized spacial score (nSPS) is 15.3. The SMILES string of the molecule is COC(=O)C1=C(C)N(Cc2cccnc2)C(=O)C1=Cc1cccc(OC)c1O. The number of esters is 1. The molecule has 0 saturated heterocycles. The quantitative estimate of drug-likeness (QED) is 0.634. The van der Waals surface area contributed by atoms with Gasteiger partial charge in [0.25, 0.3) is 5.91 Å². The zero-order valence-electron chi connectivity index (χ0n) is 15.8. The number of hydrogen-bond donors (Lipinski definition) is 1. The molecule has 1 amide bonds. The minimum atomic E-state index is -0.617. The van der Waals surface area contributed by atoms with Crippen LogP contribution in [0.25, 0.3) is 6.08 Å². The average Bonchev–Trinajstić information content (AvgIpc) is 2.94. The maximum Gasteiger partial charge on any atom is 0.340 e. The van der Waals surface area contributed by atoms with Crippen molar-refractivity contribution in [3.05, 3.63) is 70.7 Å². The summed E-state index contributed by atoms with van der Waals surface area (Å²) in [7, 11) is 2.70. The topological polar surface area (TPSA) is 89.0 Å². The van der Waals surface area contributed by atoms with Crippen molar-refractivity contribution in [2.24, 2.45) is 0 Å². The minimum Gasteiger partial charge on any atom is -0.504 e. The Kier molecular flexibility index (Phi) is 5.44. The van der Waals surface area contributed by atoms with Crippen molar-refractivity contribution >= 4 is 18.0 Å². The second kappa shape index (κ2) is 7.96. The number of allylic oxidation sites excluding steroid dienone is 1. The van der Waals surface area contributed by atoms with Gasteiger partial charge in [0.1, 0.15) is 0 Å². The van der Waals surface area contributed by atoms with E-state index in [1.165, 1.54) is 25.2 Å². The third kappa shape index (κ3) is 3.46. The molecule has 28 heavy (non-hydrogen) atoms. The van der Waals surface area contributed by atoms with Crippen LogP contribution in [0.3, 0.4) is 0 Å². The van der Waals surface area contributed by atoms with Crippen molar-refractivity contribution in [2.75, 3.05) is 14.2 Å². The highest BCUT2D eigenvalue weighted by Crippen LogP contribution is 2.36. The first-order valence-electron chi connectivity index (χ1n) is 8.56. The number of rotatable bonds is 5. The molecule has 0 radical (unpaired) electrons. The molecule has 2 heterocycles. The molecule has 1 N–H and O–H groups in total. The summed E-state index contributed by atoms with van der Waals surface area (Å²) in [6, 6.07) is 8.55. The van der Waals surface area contributed by atoms with Gasteiger partial charge in [0, 0.05) is 23.7 Å². The standard InChI is InChI=1S/C21H20N2O5/c1-13-18(21(26)28-3)16(10-15-7-4-8-17(27-2)19(15)24)20(25)23(13)12-14-6-5-9-22-11-14/h4-11,24H,12H2,1-3H3. The Morgan fingerprint density at radius 3 is 2.68 bits per heavy atom. The van der Waals surface area contributed by atoms with Crippen LogP contribution in [0, 0.1) is 0 Å². The lowest BCUT2D eigenvalue weighted by atomic mass is 10.0. The average molecular weight is 380 g/mol. The summed E-state index contributed by atoms with van der Waals surface area (Å²) in [5.74, 6) is -0.817. The van der Waals surface area contributed by atoms with E-state index < -0.39 is 5.97 Å². The van der Waals surface area contributed by atoms with Crippen molar-refractivity contribution in [3.8, 4) is 11.5 Å². The molecule has 0 bridgehead atoms. The third-order valence-electron chi connectivity index (χ3n) is 4.51. The Labute approximate surface area is 162 Å². The predicted molar refractivity (Wildman–Crippen MR) is 102 cm³/mol. The molecule has 1 aromatic heterocycles. The highest BCUT2D eigenvalue weighted by Gasteiger charge is 2.37. The first-order chi connectivity index (χ1) is 13.5. The maximum atomic E-state index is 13.1. The lowest BCUT2D eigenvalue weighted by Gasteiger charge is -2.17. The Morgan fingerprint density at radius 1 is 1.25 bits per heavy atom. The van der Waals surface area contributed by atoms with Crippen molar-refractivity contribution in [3.63, 3.8) is 0 Å². The minimum absolute atomic E-state index is 0.113. The van der Waals surface area contributed by atoms with E-state index in [4.69, 9.17) is 9.47 Å². The number of benzene rings is 1. The van der Waals surface area contributed by atoms with Crippen LogP contribution in [0.15, 0.2) is 59.6 Å². The zero-order valence-corrected chi connectivity index (χ0v) is 15.8. The van der Waals surface area contributed by atoms with E-state index in [1.807, 2.05) is 6.07 Å². The van der Waals surface area contributed by atoms with Gasteiger partial charge in [0.05, 0.1) is 31.9 Å². The van der Waals surface area contributed by atoms with E-state index in [1.54, 1.807) is 43.6 Å². The van der Waals surface area contributed by atoms with Gasteiger partial charge in [0.2, 0.25) is 0 Å². The Balaban J connectivity index is 2.07. The van der Waals surface area contributed by atoms with Crippen LogP contribution >= 0.6 is 0 Å². The molecule has 0 spiro atoms. The smallest absolute Gasteiger partial charge is 0.340 e. The number of hydrogen-bond acceptors (Lipinski definition) is 6. The summed E-state index contributed by atoms with van der Waals surface area (Å²) >= 11 is 0. The maximum absolute atomic E-state index is 13.1. The molecule has 7 nitrogen and oxygen atoms in total. The Hall–Kier alpha value is -3.61. The number of ether oxygens (including phenoxy) is 2. The zero-order chi connectivity index (χ0) is 20.3. The monoisotopic (exact) mass is 380 g/mol. The molecule has 0 saturated carbocycles. The molecule has 0 unspecified atom stereocenters. The Bertz CT molecular complexity index is 980. The number of phenols is 1. The number of nitrogens with zero attached hydrogens (tertiary/aromatic N) is 2. The van der Waals surface area contributed by atoms with Crippen LogP contribution in [-0.2, 0) is 20.9 Å². The number of aromatic hydroxyl groups is 1. The van der Waals surface area contributed by atoms with Gasteiger partial charge in [-0.15, -0.1) is 0 Å². The van der Waals surface area contributed by atoms with Crippen LogP contribution in [-0.4, -0.2) is 41.1 Å². The summed E-state index contributed by atoms with van der Waals surface area (Å²) in [4.78, 5) is 31.0. The molecule has 3 rings (SSSR count). The van der Waals surface area contributed by atoms with Gasteiger partial charge in [-0.25, -0.2) is 4.79 Å². The van der Waals surface area contributed by atoms with Crippen molar-refractivity contribution < 1.29 is 24.2 Å². The van der Waals surface area contributed by atoms with E-state index in [0.29, 0.717) is 11.3 Å². The van der Waals surface area contributed by atoms with Crippen LogP contribution in [0.1, 0.15) is 18.1 Å². The van der Waals surface area contributed by atoms with E-state index in [-0.39, 0.29) is 35.1 Å². The lowest BCUT2D eigenvalue weighted by molar-refractivity contribution is -0.136. The van der Waals surface area contributed by atoms with E-state index in [0.717, 1.165) is 5.56 Å². The molecule has 1 aliphatic heterocycles. The van der Waals surface area contributed by atoms with Gasteiger partial charge in [-0.05, 0) is 30.7 Å². The predicted octanol–water partition coefficient (Wildman–Crippen LogP) is 2.67. The fourth-order valence-electron chi connectivity index (χ4n) is 3.07. The first kappa shape index (κ1) is 19.2. The summed E-state index contributed by atoms with van der Waals surface area (Å²) in [6.07, 6.45) is 4.78. The number of methoxy groups -OCH3 is 2. The number of amides is 1. The molecule has 144 valence electrons. The van der Waals surface area contributed by atoms with Crippen LogP contribution < -0.4 is 4.74 Å². The van der Waals surface area contributed by atoms with Crippen LogP contribution in [0.5, 0.6) is 11.5 Å². The number of pyridine rings is 1. The highest BCUT2D eigenvalue weighted by atomic mass is 16.5. The Morgan fingerprint density at radius 2 is 2.04 bits per heavy atom. The van der Waals surface area contributed by atoms with Crippen LogP contribution in [0.2, 0.25) is 0 Å². The van der Waals surface area contributed by atoms with Gasteiger partial charge in [0.15, 0.2) is 11.5 Å². The number of phenolic OH excluding ortho intramolecular Hbond substituents is 1. The molecule has 0 atom stereocenters.